The number of fused-ring (bicyclic) bond motifs is 1. The summed E-state index contributed by atoms with van der Waals surface area (Å²) in [6.07, 6.45) is 1.71. The standard InChI is InChI=1S/C21H22BrNO3/c1-3-13-9-17-15(10-21(25)26-20(17)11-19(13)24)12-23-18(4-2)14-5-7-16(22)8-6-14/h5-11,18,23-24H,3-4,12H2,1-2H3/p+1/t18-/m0/s1. The Morgan fingerprint density at radius 1 is 1.12 bits per heavy atom. The number of quaternary nitrogens is 1. The van der Waals surface area contributed by atoms with Gasteiger partial charge in [0.2, 0.25) is 0 Å². The van der Waals surface area contributed by atoms with E-state index in [1.54, 1.807) is 12.1 Å². The second-order valence-electron chi connectivity index (χ2n) is 6.43. The van der Waals surface area contributed by atoms with E-state index >= 15 is 0 Å². The minimum atomic E-state index is -0.388. The highest BCUT2D eigenvalue weighted by Crippen LogP contribution is 2.26. The first-order valence-electron chi connectivity index (χ1n) is 8.89. The minimum Gasteiger partial charge on any atom is -0.508 e. The molecule has 136 valence electrons. The molecule has 0 radical (unpaired) electrons. The topological polar surface area (TPSA) is 67.0 Å². The van der Waals surface area contributed by atoms with Crippen molar-refractivity contribution >= 4 is 26.9 Å². The summed E-state index contributed by atoms with van der Waals surface area (Å²) in [5.41, 5.74) is 3.09. The van der Waals surface area contributed by atoms with Gasteiger partial charge in [0.1, 0.15) is 23.9 Å². The van der Waals surface area contributed by atoms with Crippen LogP contribution in [0.15, 0.2) is 56.1 Å². The average molecular weight is 417 g/mol. The Hall–Kier alpha value is -2.11. The van der Waals surface area contributed by atoms with Crippen LogP contribution in [0.3, 0.4) is 0 Å². The van der Waals surface area contributed by atoms with Crippen LogP contribution in [0, 0.1) is 0 Å². The fraction of sp³-hybridized carbons (Fsp3) is 0.286. The maximum atomic E-state index is 11.9. The molecule has 3 rings (SSSR count). The van der Waals surface area contributed by atoms with Crippen molar-refractivity contribution in [3.8, 4) is 5.75 Å². The number of hydrogen-bond donors (Lipinski definition) is 2. The van der Waals surface area contributed by atoms with Crippen molar-refractivity contribution in [2.45, 2.75) is 39.3 Å². The van der Waals surface area contributed by atoms with E-state index in [-0.39, 0.29) is 11.4 Å². The fourth-order valence-corrected chi connectivity index (χ4v) is 3.54. The van der Waals surface area contributed by atoms with Crippen LogP contribution in [0.4, 0.5) is 0 Å². The number of nitrogens with two attached hydrogens (primary N) is 1. The third kappa shape index (κ3) is 4.00. The second kappa shape index (κ2) is 8.06. The van der Waals surface area contributed by atoms with Crippen LogP contribution < -0.4 is 10.9 Å². The van der Waals surface area contributed by atoms with Crippen molar-refractivity contribution in [1.82, 2.24) is 0 Å². The van der Waals surface area contributed by atoms with Crippen molar-refractivity contribution < 1.29 is 14.8 Å². The highest BCUT2D eigenvalue weighted by Gasteiger charge is 2.15. The van der Waals surface area contributed by atoms with Crippen molar-refractivity contribution in [3.05, 3.63) is 74.0 Å². The molecule has 1 atom stereocenters. The number of phenols is 1. The Labute approximate surface area is 161 Å². The normalized spacial score (nSPS) is 12.4. The van der Waals surface area contributed by atoms with Crippen molar-refractivity contribution in [1.29, 1.82) is 0 Å². The highest BCUT2D eigenvalue weighted by atomic mass is 79.9. The summed E-state index contributed by atoms with van der Waals surface area (Å²) in [5, 5.41) is 13.2. The van der Waals surface area contributed by atoms with Crippen LogP contribution in [-0.4, -0.2) is 5.11 Å². The van der Waals surface area contributed by atoms with Gasteiger partial charge < -0.3 is 14.8 Å². The third-order valence-corrected chi connectivity index (χ3v) is 5.30. The summed E-state index contributed by atoms with van der Waals surface area (Å²) in [6, 6.07) is 13.7. The molecule has 4 nitrogen and oxygen atoms in total. The molecule has 0 saturated heterocycles. The Bertz CT molecular complexity index is 963. The maximum absolute atomic E-state index is 11.9. The Balaban J connectivity index is 1.92. The van der Waals surface area contributed by atoms with Gasteiger partial charge in [-0.1, -0.05) is 41.9 Å². The van der Waals surface area contributed by atoms with E-state index in [2.05, 4.69) is 52.4 Å². The van der Waals surface area contributed by atoms with Gasteiger partial charge in [-0.25, -0.2) is 4.79 Å². The number of benzene rings is 2. The molecule has 3 N–H and O–H groups in total. The van der Waals surface area contributed by atoms with E-state index in [9.17, 15) is 9.90 Å². The molecule has 2 aromatic carbocycles. The van der Waals surface area contributed by atoms with Gasteiger partial charge in [0.25, 0.3) is 0 Å². The zero-order chi connectivity index (χ0) is 18.7. The highest BCUT2D eigenvalue weighted by molar-refractivity contribution is 9.10. The van der Waals surface area contributed by atoms with Gasteiger partial charge in [-0.2, -0.15) is 0 Å². The lowest BCUT2D eigenvalue weighted by Crippen LogP contribution is -2.83. The first kappa shape index (κ1) is 18.7. The average Bonchev–Trinajstić information content (AvgIpc) is 2.62. The predicted molar refractivity (Wildman–Crippen MR) is 106 cm³/mol. The molecule has 0 aliphatic rings. The zero-order valence-electron chi connectivity index (χ0n) is 15.0. The van der Waals surface area contributed by atoms with Gasteiger partial charge in [0, 0.05) is 39.5 Å². The van der Waals surface area contributed by atoms with E-state index in [1.807, 2.05) is 13.0 Å². The molecular weight excluding hydrogens is 394 g/mol. The Morgan fingerprint density at radius 3 is 2.50 bits per heavy atom. The van der Waals surface area contributed by atoms with Crippen LogP contribution in [0.1, 0.15) is 43.0 Å². The van der Waals surface area contributed by atoms with Gasteiger partial charge in [0.15, 0.2) is 0 Å². The molecule has 0 aliphatic carbocycles. The Kier molecular flexibility index (Phi) is 5.79. The molecule has 0 unspecified atom stereocenters. The molecule has 5 heteroatoms. The summed E-state index contributed by atoms with van der Waals surface area (Å²) >= 11 is 3.47. The summed E-state index contributed by atoms with van der Waals surface area (Å²) in [5.74, 6) is 0.172. The maximum Gasteiger partial charge on any atom is 0.336 e. The number of rotatable bonds is 6. The van der Waals surface area contributed by atoms with E-state index in [0.29, 0.717) is 18.2 Å². The Morgan fingerprint density at radius 2 is 1.85 bits per heavy atom. The smallest absolute Gasteiger partial charge is 0.336 e. The SMILES string of the molecule is CCc1cc2c(C[NH2+][C@@H](CC)c3ccc(Br)cc3)cc(=O)oc2cc1O. The molecule has 0 aliphatic heterocycles. The van der Waals surface area contributed by atoms with Crippen LogP contribution in [0.2, 0.25) is 0 Å². The van der Waals surface area contributed by atoms with Gasteiger partial charge in [-0.15, -0.1) is 0 Å². The summed E-state index contributed by atoms with van der Waals surface area (Å²) in [4.78, 5) is 11.9. The predicted octanol–water partition coefficient (Wildman–Crippen LogP) is 4.04. The quantitative estimate of drug-likeness (QED) is 0.595. The van der Waals surface area contributed by atoms with E-state index < -0.39 is 0 Å². The van der Waals surface area contributed by atoms with Gasteiger partial charge in [0.05, 0.1) is 0 Å². The molecule has 0 bridgehead atoms. The zero-order valence-corrected chi connectivity index (χ0v) is 16.5. The minimum absolute atomic E-state index is 0.172. The molecule has 0 amide bonds. The third-order valence-electron chi connectivity index (χ3n) is 4.77. The number of phenolic OH excluding ortho intramolecular Hbond substituents is 1. The fourth-order valence-electron chi connectivity index (χ4n) is 3.28. The number of hydrogen-bond acceptors (Lipinski definition) is 3. The number of halogens is 1. The molecule has 0 fully saturated rings. The molecule has 1 heterocycles. The van der Waals surface area contributed by atoms with E-state index in [0.717, 1.165) is 33.8 Å². The van der Waals surface area contributed by atoms with Gasteiger partial charge >= 0.3 is 5.63 Å². The van der Waals surface area contributed by atoms with Crippen LogP contribution in [0.5, 0.6) is 5.75 Å². The van der Waals surface area contributed by atoms with Crippen LogP contribution in [0.25, 0.3) is 11.0 Å². The second-order valence-corrected chi connectivity index (χ2v) is 7.34. The lowest BCUT2D eigenvalue weighted by Gasteiger charge is -2.15. The van der Waals surface area contributed by atoms with Crippen molar-refractivity contribution in [2.75, 3.05) is 0 Å². The molecule has 0 saturated carbocycles. The molecular formula is C21H23BrNO3+. The number of aromatic hydroxyl groups is 1. The van der Waals surface area contributed by atoms with Crippen molar-refractivity contribution in [3.63, 3.8) is 0 Å². The van der Waals surface area contributed by atoms with Crippen molar-refractivity contribution in [2.24, 2.45) is 0 Å². The molecule has 0 spiro atoms. The molecule has 1 aromatic heterocycles. The van der Waals surface area contributed by atoms with Gasteiger partial charge in [-0.3, -0.25) is 0 Å². The number of aryl methyl sites for hydroxylation is 1. The van der Waals surface area contributed by atoms with E-state index in [1.165, 1.54) is 5.56 Å². The van der Waals surface area contributed by atoms with E-state index in [4.69, 9.17) is 4.42 Å². The first-order valence-corrected chi connectivity index (χ1v) is 9.68. The summed E-state index contributed by atoms with van der Waals surface area (Å²) < 4.78 is 6.34. The van der Waals surface area contributed by atoms with Gasteiger partial charge in [-0.05, 0) is 30.2 Å². The lowest BCUT2D eigenvalue weighted by molar-refractivity contribution is -0.711. The first-order chi connectivity index (χ1) is 12.5. The monoisotopic (exact) mass is 416 g/mol. The van der Waals surface area contributed by atoms with Crippen LogP contribution in [-0.2, 0) is 13.0 Å². The molecule has 26 heavy (non-hydrogen) atoms. The summed E-state index contributed by atoms with van der Waals surface area (Å²) in [6.45, 7) is 4.82. The van der Waals surface area contributed by atoms with Crippen LogP contribution >= 0.6 is 15.9 Å². The molecule has 3 aromatic rings. The lowest BCUT2D eigenvalue weighted by atomic mass is 10.0. The largest absolute Gasteiger partial charge is 0.508 e. The summed E-state index contributed by atoms with van der Waals surface area (Å²) in [7, 11) is 0.